The van der Waals surface area contributed by atoms with Gasteiger partial charge < -0.3 is 13.7 Å². The van der Waals surface area contributed by atoms with Crippen LogP contribution in [0.4, 0.5) is 13.2 Å². The molecule has 1 aliphatic heterocycles. The zero-order chi connectivity index (χ0) is 17.8. The van der Waals surface area contributed by atoms with Crippen LogP contribution in [0.15, 0.2) is 41.7 Å². The second-order valence-corrected chi connectivity index (χ2v) is 6.29. The maximum atomic E-state index is 12.3. The Morgan fingerprint density at radius 1 is 1.17 bits per heavy atom. The third kappa shape index (κ3) is 4.48. The number of benzene rings is 1. The van der Waals surface area contributed by atoms with Crippen LogP contribution in [0.2, 0.25) is 0 Å². The minimum atomic E-state index is -5.84. The Hall–Kier alpha value is -2.07. The topological polar surface area (TPSA) is 78.9 Å². The molecular formula is C14H13F3O6S. The van der Waals surface area contributed by atoms with Gasteiger partial charge >= 0.3 is 21.6 Å². The maximum absolute atomic E-state index is 12.3. The molecule has 0 radical (unpaired) electrons. The fourth-order valence-electron chi connectivity index (χ4n) is 1.85. The first-order valence-corrected chi connectivity index (χ1v) is 8.13. The lowest BCUT2D eigenvalue weighted by molar-refractivity contribution is -0.136. The summed E-state index contributed by atoms with van der Waals surface area (Å²) in [5, 5.41) is 0. The van der Waals surface area contributed by atoms with Gasteiger partial charge in [-0.2, -0.15) is 21.6 Å². The van der Waals surface area contributed by atoms with Gasteiger partial charge in [0.15, 0.2) is 12.4 Å². The second-order valence-electron chi connectivity index (χ2n) is 4.75. The SMILES string of the molecule is O=C1OCC(OS(=O)(=O)C(F)(F)F)=C1CCOCc1ccccc1. The van der Waals surface area contributed by atoms with E-state index in [0.29, 0.717) is 0 Å². The molecule has 0 spiro atoms. The minimum absolute atomic E-state index is 0.0156. The molecule has 0 saturated carbocycles. The number of esters is 1. The number of carbonyl (C=O) groups is 1. The van der Waals surface area contributed by atoms with Gasteiger partial charge in [0, 0.05) is 6.42 Å². The van der Waals surface area contributed by atoms with Crippen LogP contribution in [0.5, 0.6) is 0 Å². The largest absolute Gasteiger partial charge is 0.534 e. The average Bonchev–Trinajstić information content (AvgIpc) is 2.83. The molecule has 0 fully saturated rings. The lowest BCUT2D eigenvalue weighted by Crippen LogP contribution is -2.25. The molecule has 0 bridgehead atoms. The van der Waals surface area contributed by atoms with Crippen molar-refractivity contribution in [1.29, 1.82) is 0 Å². The molecule has 0 N–H and O–H groups in total. The molecule has 0 aliphatic carbocycles. The second kappa shape index (κ2) is 7.22. The van der Waals surface area contributed by atoms with Crippen LogP contribution in [0.25, 0.3) is 0 Å². The fourth-order valence-corrected chi connectivity index (χ4v) is 2.36. The molecule has 0 amide bonds. The first-order valence-electron chi connectivity index (χ1n) is 6.72. The average molecular weight is 366 g/mol. The van der Waals surface area contributed by atoms with E-state index in [2.05, 4.69) is 8.92 Å². The van der Waals surface area contributed by atoms with Gasteiger partial charge in [-0.15, -0.1) is 0 Å². The molecular weight excluding hydrogens is 353 g/mol. The number of alkyl halides is 3. The Bertz CT molecular complexity index is 725. The number of carbonyl (C=O) groups excluding carboxylic acids is 1. The van der Waals surface area contributed by atoms with Gasteiger partial charge in [-0.05, 0) is 5.56 Å². The minimum Gasteiger partial charge on any atom is -0.454 e. The van der Waals surface area contributed by atoms with E-state index >= 15 is 0 Å². The first kappa shape index (κ1) is 18.3. The standard InChI is InChI=1S/C14H13F3O6S/c15-14(16,17)24(19,20)23-12-9-22-13(18)11(12)6-7-21-8-10-4-2-1-3-5-10/h1-5H,6-9H2. The van der Waals surface area contributed by atoms with Gasteiger partial charge in [0.1, 0.15) is 0 Å². The van der Waals surface area contributed by atoms with Gasteiger partial charge in [-0.1, -0.05) is 30.3 Å². The van der Waals surface area contributed by atoms with E-state index in [1.807, 2.05) is 30.3 Å². The van der Waals surface area contributed by atoms with Crippen LogP contribution in [-0.4, -0.2) is 33.1 Å². The lowest BCUT2D eigenvalue weighted by Gasteiger charge is -2.10. The van der Waals surface area contributed by atoms with Crippen molar-refractivity contribution in [2.24, 2.45) is 0 Å². The number of hydrogen-bond acceptors (Lipinski definition) is 6. The Morgan fingerprint density at radius 3 is 2.46 bits per heavy atom. The predicted octanol–water partition coefficient (Wildman–Crippen LogP) is 2.27. The van der Waals surface area contributed by atoms with Crippen molar-refractivity contribution in [3.05, 3.63) is 47.2 Å². The summed E-state index contributed by atoms with van der Waals surface area (Å²) in [6.07, 6.45) is -0.131. The van der Waals surface area contributed by atoms with Gasteiger partial charge in [-0.3, -0.25) is 0 Å². The normalized spacial score (nSPS) is 15.5. The summed E-state index contributed by atoms with van der Waals surface area (Å²) in [6.45, 7) is -0.444. The molecule has 0 atom stereocenters. The van der Waals surface area contributed by atoms with Crippen molar-refractivity contribution < 1.29 is 40.0 Å². The Balaban J connectivity index is 1.96. The number of cyclic esters (lactones) is 1. The Morgan fingerprint density at radius 2 is 1.83 bits per heavy atom. The molecule has 0 aromatic heterocycles. The van der Waals surface area contributed by atoms with Crippen molar-refractivity contribution in [3.8, 4) is 0 Å². The van der Waals surface area contributed by atoms with Crippen molar-refractivity contribution >= 4 is 16.1 Å². The van der Waals surface area contributed by atoms with E-state index in [1.165, 1.54) is 0 Å². The van der Waals surface area contributed by atoms with Gasteiger partial charge in [0.2, 0.25) is 0 Å². The summed E-state index contributed by atoms with van der Waals surface area (Å²) in [6, 6.07) is 9.07. The molecule has 1 aromatic carbocycles. The summed E-state index contributed by atoms with van der Waals surface area (Å²) in [5.41, 5.74) is -4.99. The van der Waals surface area contributed by atoms with Crippen LogP contribution in [0.3, 0.4) is 0 Å². The fraction of sp³-hybridized carbons (Fsp3) is 0.357. The van der Waals surface area contributed by atoms with Crippen LogP contribution in [0.1, 0.15) is 12.0 Å². The summed E-state index contributed by atoms with van der Waals surface area (Å²) in [5.74, 6) is -1.59. The third-order valence-corrected chi connectivity index (χ3v) is 4.01. The Kier molecular flexibility index (Phi) is 5.50. The molecule has 1 aliphatic rings. The van der Waals surface area contributed by atoms with Crippen LogP contribution < -0.4 is 0 Å². The first-order chi connectivity index (χ1) is 11.2. The van der Waals surface area contributed by atoms with Crippen molar-refractivity contribution in [1.82, 2.24) is 0 Å². The predicted molar refractivity (Wildman–Crippen MR) is 74.8 cm³/mol. The maximum Gasteiger partial charge on any atom is 0.534 e. The van der Waals surface area contributed by atoms with E-state index < -0.39 is 34.0 Å². The summed E-state index contributed by atoms with van der Waals surface area (Å²) < 4.78 is 72.8. The zero-order valence-corrected chi connectivity index (χ0v) is 13.0. The Labute approximate surface area is 135 Å². The molecule has 1 aromatic rings. The quantitative estimate of drug-likeness (QED) is 0.319. The molecule has 2 rings (SSSR count). The van der Waals surface area contributed by atoms with Crippen LogP contribution in [-0.2, 0) is 35.2 Å². The van der Waals surface area contributed by atoms with E-state index in [0.717, 1.165) is 5.56 Å². The molecule has 0 saturated heterocycles. The number of halogens is 3. The third-order valence-electron chi connectivity index (χ3n) is 3.02. The van der Waals surface area contributed by atoms with E-state index in [4.69, 9.17) is 4.74 Å². The highest BCUT2D eigenvalue weighted by atomic mass is 32.2. The summed E-state index contributed by atoms with van der Waals surface area (Å²) in [4.78, 5) is 11.5. The van der Waals surface area contributed by atoms with Crippen molar-refractivity contribution in [2.75, 3.05) is 13.2 Å². The number of rotatable bonds is 7. The molecule has 24 heavy (non-hydrogen) atoms. The number of hydrogen-bond donors (Lipinski definition) is 0. The molecule has 1 heterocycles. The highest BCUT2D eigenvalue weighted by Crippen LogP contribution is 2.30. The summed E-state index contributed by atoms with van der Waals surface area (Å²) in [7, 11) is -5.84. The van der Waals surface area contributed by atoms with Gasteiger partial charge in [0.05, 0.1) is 18.8 Å². The lowest BCUT2D eigenvalue weighted by atomic mass is 10.2. The van der Waals surface area contributed by atoms with Crippen LogP contribution >= 0.6 is 0 Å². The highest BCUT2D eigenvalue weighted by Gasteiger charge is 2.49. The molecule has 6 nitrogen and oxygen atoms in total. The highest BCUT2D eigenvalue weighted by molar-refractivity contribution is 7.87. The summed E-state index contributed by atoms with van der Waals surface area (Å²) >= 11 is 0. The van der Waals surface area contributed by atoms with E-state index in [9.17, 15) is 26.4 Å². The van der Waals surface area contributed by atoms with Gasteiger partial charge in [-0.25, -0.2) is 4.79 Å². The van der Waals surface area contributed by atoms with Crippen LogP contribution in [0, 0.1) is 0 Å². The smallest absolute Gasteiger partial charge is 0.454 e. The van der Waals surface area contributed by atoms with Crippen molar-refractivity contribution in [3.63, 3.8) is 0 Å². The monoisotopic (exact) mass is 366 g/mol. The van der Waals surface area contributed by atoms with Gasteiger partial charge in [0.25, 0.3) is 0 Å². The zero-order valence-electron chi connectivity index (χ0n) is 12.2. The van der Waals surface area contributed by atoms with E-state index in [1.54, 1.807) is 0 Å². The molecule has 10 heteroatoms. The van der Waals surface area contributed by atoms with E-state index in [-0.39, 0.29) is 25.2 Å². The van der Waals surface area contributed by atoms with Crippen molar-refractivity contribution in [2.45, 2.75) is 18.5 Å². The molecule has 132 valence electrons. The molecule has 0 unspecified atom stereocenters. The number of ether oxygens (including phenoxy) is 2.